The molecule has 0 aliphatic rings. The Bertz CT molecular complexity index is 1330. The van der Waals surface area contributed by atoms with Crippen molar-refractivity contribution in [2.45, 2.75) is 18.7 Å². The fraction of sp³-hybridized carbons (Fsp3) is 0.150. The van der Waals surface area contributed by atoms with Crippen LogP contribution in [0.1, 0.15) is 22.8 Å². The molecule has 0 amide bonds. The van der Waals surface area contributed by atoms with Crippen LogP contribution in [-0.2, 0) is 14.8 Å². The zero-order chi connectivity index (χ0) is 21.3. The van der Waals surface area contributed by atoms with Crippen molar-refractivity contribution in [1.82, 2.24) is 8.75 Å². The molecule has 154 valence electrons. The van der Waals surface area contributed by atoms with E-state index in [0.717, 1.165) is 22.2 Å². The van der Waals surface area contributed by atoms with Gasteiger partial charge < -0.3 is 4.74 Å². The summed E-state index contributed by atoms with van der Waals surface area (Å²) in [6, 6.07) is 14.3. The minimum atomic E-state index is -4.01. The zero-order valence-corrected chi connectivity index (χ0v) is 18.5. The Morgan fingerprint density at radius 3 is 2.60 bits per heavy atom. The van der Waals surface area contributed by atoms with Crippen molar-refractivity contribution >= 4 is 55.1 Å². The summed E-state index contributed by atoms with van der Waals surface area (Å²) in [4.78, 5) is 13.5. The van der Waals surface area contributed by atoms with E-state index in [1.165, 1.54) is 17.4 Å². The molecule has 0 saturated heterocycles. The number of fused-ring (bicyclic) bond motifs is 1. The van der Waals surface area contributed by atoms with Gasteiger partial charge in [0.1, 0.15) is 20.9 Å². The first-order valence-corrected chi connectivity index (χ1v) is 12.1. The third-order valence-corrected chi connectivity index (χ3v) is 7.74. The van der Waals surface area contributed by atoms with Crippen LogP contribution in [-0.4, -0.2) is 29.7 Å². The van der Waals surface area contributed by atoms with Gasteiger partial charge in [-0.1, -0.05) is 36.4 Å². The number of nitrogens with one attached hydrogen (secondary N) is 1. The lowest BCUT2D eigenvalue weighted by atomic mass is 10.1. The number of thiophene rings is 1. The highest BCUT2D eigenvalue weighted by molar-refractivity contribution is 7.93. The summed E-state index contributed by atoms with van der Waals surface area (Å²) in [6.45, 7) is 3.68. The molecule has 0 aliphatic carbocycles. The van der Waals surface area contributed by atoms with Crippen LogP contribution in [0.5, 0.6) is 0 Å². The average Bonchev–Trinajstić information content (AvgIpc) is 3.32. The van der Waals surface area contributed by atoms with Gasteiger partial charge in [-0.2, -0.15) is 8.75 Å². The number of hydrogen-bond donors (Lipinski definition) is 1. The molecular weight excluding hydrogens is 442 g/mol. The normalized spacial score (nSPS) is 11.5. The number of rotatable bonds is 6. The van der Waals surface area contributed by atoms with Crippen LogP contribution in [0.3, 0.4) is 0 Å². The standard InChI is InChI=1S/C20H17N3O4S3/c1-3-27-20(24)16-12(2)18(13-8-5-4-6-9-13)28-19(16)23-30(25,26)15-11-7-10-14-17(15)22-29-21-14/h4-11,23H,3H2,1-2H3. The summed E-state index contributed by atoms with van der Waals surface area (Å²) < 4.78 is 42.3. The minimum Gasteiger partial charge on any atom is -0.462 e. The van der Waals surface area contributed by atoms with Crippen molar-refractivity contribution in [3.05, 3.63) is 59.7 Å². The monoisotopic (exact) mass is 459 g/mol. The van der Waals surface area contributed by atoms with Crippen LogP contribution in [0.4, 0.5) is 5.00 Å². The Hall–Kier alpha value is -2.82. The van der Waals surface area contributed by atoms with Crippen molar-refractivity contribution in [2.24, 2.45) is 0 Å². The number of esters is 1. The SMILES string of the molecule is CCOC(=O)c1c(NS(=O)(=O)c2cccc3nsnc23)sc(-c2ccccc2)c1C. The molecule has 30 heavy (non-hydrogen) atoms. The fourth-order valence-corrected chi connectivity index (χ4v) is 6.35. The molecule has 2 heterocycles. The van der Waals surface area contributed by atoms with Gasteiger partial charge >= 0.3 is 5.97 Å². The maximum atomic E-state index is 13.2. The molecule has 0 atom stereocenters. The van der Waals surface area contributed by atoms with Crippen LogP contribution in [0, 0.1) is 6.92 Å². The van der Waals surface area contributed by atoms with Gasteiger partial charge in [0, 0.05) is 4.88 Å². The maximum absolute atomic E-state index is 13.2. The molecule has 0 aliphatic heterocycles. The molecule has 0 radical (unpaired) electrons. The highest BCUT2D eigenvalue weighted by atomic mass is 32.2. The van der Waals surface area contributed by atoms with E-state index in [9.17, 15) is 13.2 Å². The summed E-state index contributed by atoms with van der Waals surface area (Å²) in [6.07, 6.45) is 0. The Labute approximate surface area is 181 Å². The molecule has 2 aromatic carbocycles. The molecule has 0 fully saturated rings. The van der Waals surface area contributed by atoms with Gasteiger partial charge in [-0.3, -0.25) is 4.72 Å². The summed E-state index contributed by atoms with van der Waals surface area (Å²) in [5.41, 5.74) is 2.57. The topological polar surface area (TPSA) is 98.2 Å². The Balaban J connectivity index is 1.83. The Kier molecular flexibility index (Phi) is 5.54. The lowest BCUT2D eigenvalue weighted by Gasteiger charge is -2.09. The van der Waals surface area contributed by atoms with E-state index in [1.807, 2.05) is 30.3 Å². The molecule has 2 aromatic heterocycles. The lowest BCUT2D eigenvalue weighted by Crippen LogP contribution is -2.16. The molecule has 0 unspecified atom stereocenters. The van der Waals surface area contributed by atoms with Crippen molar-refractivity contribution in [3.8, 4) is 10.4 Å². The maximum Gasteiger partial charge on any atom is 0.341 e. The van der Waals surface area contributed by atoms with E-state index >= 15 is 0 Å². The second-order valence-corrected chi connectivity index (χ2v) is 9.54. The molecule has 4 rings (SSSR count). The number of carbonyl (C=O) groups excluding carboxylic acids is 1. The van der Waals surface area contributed by atoms with E-state index < -0.39 is 16.0 Å². The highest BCUT2D eigenvalue weighted by Gasteiger charge is 2.28. The summed E-state index contributed by atoms with van der Waals surface area (Å²) in [5.74, 6) is -0.570. The van der Waals surface area contributed by atoms with Gasteiger partial charge in [0.15, 0.2) is 0 Å². The second kappa shape index (κ2) is 8.13. The largest absolute Gasteiger partial charge is 0.462 e. The molecule has 1 N–H and O–H groups in total. The molecule has 4 aromatic rings. The smallest absolute Gasteiger partial charge is 0.341 e. The summed E-state index contributed by atoms with van der Waals surface area (Å²) in [7, 11) is -4.01. The number of carbonyl (C=O) groups is 1. The van der Waals surface area contributed by atoms with Crippen molar-refractivity contribution in [2.75, 3.05) is 11.3 Å². The van der Waals surface area contributed by atoms with Crippen LogP contribution in [0.25, 0.3) is 21.5 Å². The molecule has 0 saturated carbocycles. The second-order valence-electron chi connectivity index (χ2n) is 6.34. The van der Waals surface area contributed by atoms with Gasteiger partial charge in [-0.25, -0.2) is 13.2 Å². The highest BCUT2D eigenvalue weighted by Crippen LogP contribution is 2.41. The lowest BCUT2D eigenvalue weighted by molar-refractivity contribution is 0.0527. The zero-order valence-electron chi connectivity index (χ0n) is 16.1. The fourth-order valence-electron chi connectivity index (χ4n) is 3.07. The third-order valence-electron chi connectivity index (χ3n) is 4.43. The van der Waals surface area contributed by atoms with E-state index in [0.29, 0.717) is 16.6 Å². The number of hydrogen-bond acceptors (Lipinski definition) is 8. The number of sulfonamides is 1. The van der Waals surface area contributed by atoms with Crippen molar-refractivity contribution in [1.29, 1.82) is 0 Å². The van der Waals surface area contributed by atoms with Gasteiger partial charge in [0.05, 0.1) is 23.9 Å². The van der Waals surface area contributed by atoms with E-state index in [1.54, 1.807) is 26.0 Å². The van der Waals surface area contributed by atoms with Crippen LogP contribution < -0.4 is 4.72 Å². The number of anilines is 1. The molecular formula is C20H17N3O4S3. The predicted molar refractivity (Wildman–Crippen MR) is 119 cm³/mol. The first-order valence-electron chi connectivity index (χ1n) is 9.02. The molecule has 0 bridgehead atoms. The van der Waals surface area contributed by atoms with E-state index in [-0.39, 0.29) is 22.1 Å². The van der Waals surface area contributed by atoms with Crippen LogP contribution in [0.15, 0.2) is 53.4 Å². The van der Waals surface area contributed by atoms with E-state index in [2.05, 4.69) is 13.5 Å². The molecule has 7 nitrogen and oxygen atoms in total. The number of nitrogens with zero attached hydrogens (tertiary/aromatic N) is 2. The molecule has 10 heteroatoms. The van der Waals surface area contributed by atoms with Crippen LogP contribution in [0.2, 0.25) is 0 Å². The summed E-state index contributed by atoms with van der Waals surface area (Å²) >= 11 is 2.14. The third kappa shape index (κ3) is 3.69. The van der Waals surface area contributed by atoms with Gasteiger partial charge in [0.2, 0.25) is 0 Å². The van der Waals surface area contributed by atoms with E-state index in [4.69, 9.17) is 4.74 Å². The first kappa shape index (κ1) is 20.5. The average molecular weight is 460 g/mol. The van der Waals surface area contributed by atoms with Crippen molar-refractivity contribution < 1.29 is 17.9 Å². The quantitative estimate of drug-likeness (QED) is 0.420. The number of aromatic nitrogens is 2. The number of benzene rings is 2. The Morgan fingerprint density at radius 2 is 1.87 bits per heavy atom. The predicted octanol–water partition coefficient (Wildman–Crippen LogP) is 4.71. The van der Waals surface area contributed by atoms with Crippen LogP contribution >= 0.6 is 23.1 Å². The Morgan fingerprint density at radius 1 is 1.10 bits per heavy atom. The first-order chi connectivity index (χ1) is 14.4. The van der Waals surface area contributed by atoms with Gasteiger partial charge in [-0.05, 0) is 37.1 Å². The number of ether oxygens (including phenoxy) is 1. The minimum absolute atomic E-state index is 0.0101. The van der Waals surface area contributed by atoms with Crippen molar-refractivity contribution in [3.63, 3.8) is 0 Å². The molecule has 0 spiro atoms. The van der Waals surface area contributed by atoms with Gasteiger partial charge in [0.25, 0.3) is 10.0 Å². The summed E-state index contributed by atoms with van der Waals surface area (Å²) in [5, 5.41) is 0.213. The van der Waals surface area contributed by atoms with Gasteiger partial charge in [-0.15, -0.1) is 11.3 Å².